The Bertz CT molecular complexity index is 312. The van der Waals surface area contributed by atoms with E-state index in [4.69, 9.17) is 0 Å². The monoisotopic (exact) mass is 297 g/mol. The van der Waals surface area contributed by atoms with Crippen LogP contribution in [0.3, 0.4) is 0 Å². The summed E-state index contributed by atoms with van der Waals surface area (Å²) in [6, 6.07) is 8.94. The van der Waals surface area contributed by atoms with Crippen LogP contribution in [0.1, 0.15) is 52.4 Å². The molecule has 1 aromatic rings. The average Bonchev–Trinajstić information content (AvgIpc) is 2.29. The van der Waals surface area contributed by atoms with E-state index in [2.05, 4.69) is 59.4 Å². The van der Waals surface area contributed by atoms with Crippen LogP contribution in [0, 0.1) is 0 Å². The molecule has 1 nitrogen and oxygen atoms in total. The Balaban J connectivity index is 2.18. The Morgan fingerprint density at radius 2 is 1.94 bits per heavy atom. The van der Waals surface area contributed by atoms with Crippen LogP contribution in [0.2, 0.25) is 0 Å². The van der Waals surface area contributed by atoms with Gasteiger partial charge in [0.05, 0.1) is 0 Å². The lowest BCUT2D eigenvalue weighted by Crippen LogP contribution is -2.14. The van der Waals surface area contributed by atoms with Crippen LogP contribution in [0.5, 0.6) is 0 Å². The van der Waals surface area contributed by atoms with Gasteiger partial charge in [0, 0.05) is 16.2 Å². The third-order valence-corrected chi connectivity index (χ3v) is 3.47. The van der Waals surface area contributed by atoms with E-state index in [1.54, 1.807) is 0 Å². The highest BCUT2D eigenvalue weighted by Gasteiger charge is 2.02. The molecule has 0 aliphatic carbocycles. The summed E-state index contributed by atoms with van der Waals surface area (Å²) in [6.45, 7) is 4.53. The van der Waals surface area contributed by atoms with Crippen molar-refractivity contribution in [3.05, 3.63) is 28.7 Å². The molecule has 0 amide bonds. The second-order valence-corrected chi connectivity index (χ2v) is 5.67. The van der Waals surface area contributed by atoms with Gasteiger partial charge in [0.15, 0.2) is 0 Å². The first-order valence-electron chi connectivity index (χ1n) is 6.74. The standard InChI is InChI=1S/C15H24BrN/c1-3-4-5-6-7-9-13(2)17-15-11-8-10-14(16)12-15/h8,10-13,17H,3-7,9H2,1-2H3. The lowest BCUT2D eigenvalue weighted by molar-refractivity contribution is 0.578. The van der Waals surface area contributed by atoms with Crippen molar-refractivity contribution in [1.82, 2.24) is 0 Å². The van der Waals surface area contributed by atoms with Crippen LogP contribution < -0.4 is 5.32 Å². The van der Waals surface area contributed by atoms with Gasteiger partial charge in [0.1, 0.15) is 0 Å². The normalized spacial score (nSPS) is 12.4. The number of anilines is 1. The minimum atomic E-state index is 0.561. The van der Waals surface area contributed by atoms with Crippen molar-refractivity contribution < 1.29 is 0 Å². The highest BCUT2D eigenvalue weighted by Crippen LogP contribution is 2.17. The van der Waals surface area contributed by atoms with Crippen LogP contribution in [-0.2, 0) is 0 Å². The van der Waals surface area contributed by atoms with Gasteiger partial charge in [-0.1, -0.05) is 61.0 Å². The second kappa shape index (κ2) is 8.57. The van der Waals surface area contributed by atoms with Crippen LogP contribution in [0.25, 0.3) is 0 Å². The first kappa shape index (κ1) is 14.6. The maximum atomic E-state index is 3.54. The molecule has 0 fully saturated rings. The molecule has 0 aromatic heterocycles. The summed E-state index contributed by atoms with van der Waals surface area (Å²) in [5.74, 6) is 0. The molecule has 96 valence electrons. The van der Waals surface area contributed by atoms with Gasteiger partial charge in [-0.3, -0.25) is 0 Å². The number of benzene rings is 1. The number of halogens is 1. The first-order valence-corrected chi connectivity index (χ1v) is 7.53. The van der Waals surface area contributed by atoms with E-state index in [-0.39, 0.29) is 0 Å². The van der Waals surface area contributed by atoms with E-state index in [1.807, 2.05) is 0 Å². The van der Waals surface area contributed by atoms with Gasteiger partial charge >= 0.3 is 0 Å². The number of hydrogen-bond acceptors (Lipinski definition) is 1. The van der Waals surface area contributed by atoms with Crippen LogP contribution >= 0.6 is 15.9 Å². The number of hydrogen-bond donors (Lipinski definition) is 1. The van der Waals surface area contributed by atoms with E-state index in [0.717, 1.165) is 4.47 Å². The van der Waals surface area contributed by atoms with Crippen molar-refractivity contribution in [2.45, 2.75) is 58.4 Å². The minimum Gasteiger partial charge on any atom is -0.383 e. The quantitative estimate of drug-likeness (QED) is 0.615. The maximum Gasteiger partial charge on any atom is 0.0353 e. The predicted molar refractivity (Wildman–Crippen MR) is 80.6 cm³/mol. The fraction of sp³-hybridized carbons (Fsp3) is 0.600. The van der Waals surface area contributed by atoms with Crippen LogP contribution in [0.15, 0.2) is 28.7 Å². The molecule has 0 bridgehead atoms. The van der Waals surface area contributed by atoms with Crippen molar-refractivity contribution in [3.8, 4) is 0 Å². The predicted octanol–water partition coefficient (Wildman–Crippen LogP) is 5.61. The van der Waals surface area contributed by atoms with Crippen LogP contribution in [-0.4, -0.2) is 6.04 Å². The molecule has 0 aliphatic rings. The third-order valence-electron chi connectivity index (χ3n) is 2.98. The fourth-order valence-electron chi connectivity index (χ4n) is 1.99. The van der Waals surface area contributed by atoms with E-state index >= 15 is 0 Å². The lowest BCUT2D eigenvalue weighted by atomic mass is 10.1. The molecule has 1 atom stereocenters. The molecular weight excluding hydrogens is 274 g/mol. The Kier molecular flexibility index (Phi) is 7.34. The zero-order valence-electron chi connectivity index (χ0n) is 11.0. The fourth-order valence-corrected chi connectivity index (χ4v) is 2.39. The molecule has 1 N–H and O–H groups in total. The van der Waals surface area contributed by atoms with E-state index in [1.165, 1.54) is 44.2 Å². The third kappa shape index (κ3) is 6.72. The zero-order chi connectivity index (χ0) is 12.5. The smallest absolute Gasteiger partial charge is 0.0353 e. The van der Waals surface area contributed by atoms with Crippen molar-refractivity contribution >= 4 is 21.6 Å². The van der Waals surface area contributed by atoms with Gasteiger partial charge in [-0.2, -0.15) is 0 Å². The molecule has 0 saturated heterocycles. The Morgan fingerprint density at radius 1 is 1.18 bits per heavy atom. The van der Waals surface area contributed by atoms with Gasteiger partial charge in [-0.05, 0) is 31.5 Å². The summed E-state index contributed by atoms with van der Waals surface area (Å²) in [6.07, 6.45) is 8.07. The van der Waals surface area contributed by atoms with Gasteiger partial charge in [-0.15, -0.1) is 0 Å². The second-order valence-electron chi connectivity index (χ2n) is 4.76. The Morgan fingerprint density at radius 3 is 2.65 bits per heavy atom. The first-order chi connectivity index (χ1) is 8.22. The number of nitrogens with one attached hydrogen (secondary N) is 1. The molecular formula is C15H24BrN. The molecule has 1 rings (SSSR count). The minimum absolute atomic E-state index is 0.561. The van der Waals surface area contributed by atoms with E-state index < -0.39 is 0 Å². The maximum absolute atomic E-state index is 3.54. The summed E-state index contributed by atoms with van der Waals surface area (Å²) in [4.78, 5) is 0. The van der Waals surface area contributed by atoms with Crippen molar-refractivity contribution in [3.63, 3.8) is 0 Å². The summed E-state index contributed by atoms with van der Waals surface area (Å²) in [5, 5.41) is 3.54. The van der Waals surface area contributed by atoms with Gasteiger partial charge in [0.2, 0.25) is 0 Å². The van der Waals surface area contributed by atoms with Crippen molar-refractivity contribution in [1.29, 1.82) is 0 Å². The van der Waals surface area contributed by atoms with E-state index in [0.29, 0.717) is 6.04 Å². The molecule has 0 spiro atoms. The SMILES string of the molecule is CCCCCCCC(C)Nc1cccc(Br)c1. The van der Waals surface area contributed by atoms with E-state index in [9.17, 15) is 0 Å². The molecule has 0 radical (unpaired) electrons. The molecule has 0 saturated carbocycles. The summed E-state index contributed by atoms with van der Waals surface area (Å²) in [5.41, 5.74) is 1.21. The lowest BCUT2D eigenvalue weighted by Gasteiger charge is -2.15. The molecule has 17 heavy (non-hydrogen) atoms. The summed E-state index contributed by atoms with van der Waals surface area (Å²) in [7, 11) is 0. The average molecular weight is 298 g/mol. The van der Waals surface area contributed by atoms with Crippen LogP contribution in [0.4, 0.5) is 5.69 Å². The largest absolute Gasteiger partial charge is 0.383 e. The summed E-state index contributed by atoms with van der Waals surface area (Å²) >= 11 is 3.49. The molecule has 1 aromatic carbocycles. The zero-order valence-corrected chi connectivity index (χ0v) is 12.6. The summed E-state index contributed by atoms with van der Waals surface area (Å²) < 4.78 is 1.14. The Labute approximate surface area is 114 Å². The molecule has 0 aliphatic heterocycles. The number of unbranched alkanes of at least 4 members (excludes halogenated alkanes) is 4. The highest BCUT2D eigenvalue weighted by atomic mass is 79.9. The van der Waals surface area contributed by atoms with Gasteiger partial charge in [-0.25, -0.2) is 0 Å². The van der Waals surface area contributed by atoms with Gasteiger partial charge < -0.3 is 5.32 Å². The van der Waals surface area contributed by atoms with Crippen molar-refractivity contribution in [2.24, 2.45) is 0 Å². The molecule has 2 heteroatoms. The molecule has 0 heterocycles. The van der Waals surface area contributed by atoms with Crippen molar-refractivity contribution in [2.75, 3.05) is 5.32 Å². The Hall–Kier alpha value is -0.500. The number of rotatable bonds is 8. The molecule has 1 unspecified atom stereocenters. The highest BCUT2D eigenvalue weighted by molar-refractivity contribution is 9.10. The topological polar surface area (TPSA) is 12.0 Å². The van der Waals surface area contributed by atoms with Gasteiger partial charge in [0.25, 0.3) is 0 Å².